The van der Waals surface area contributed by atoms with Gasteiger partial charge in [-0.1, -0.05) is 6.92 Å². The average Bonchev–Trinajstić information content (AvgIpc) is 2.34. The summed E-state index contributed by atoms with van der Waals surface area (Å²) in [4.78, 5) is -0.764. The van der Waals surface area contributed by atoms with Crippen molar-refractivity contribution in [3.63, 3.8) is 0 Å². The van der Waals surface area contributed by atoms with Crippen molar-refractivity contribution >= 4 is 15.7 Å². The molecule has 1 aromatic rings. The Morgan fingerprint density at radius 2 is 2.00 bits per heavy atom. The zero-order chi connectivity index (χ0) is 15.5. The van der Waals surface area contributed by atoms with Crippen molar-refractivity contribution in [2.45, 2.75) is 24.8 Å². The van der Waals surface area contributed by atoms with Gasteiger partial charge in [0.15, 0.2) is 11.6 Å². The third-order valence-electron chi connectivity index (χ3n) is 2.81. The first-order valence-corrected chi connectivity index (χ1v) is 7.45. The van der Waals surface area contributed by atoms with E-state index in [2.05, 4.69) is 0 Å². The topological polar surface area (TPSA) is 72.6 Å². The molecule has 0 fully saturated rings. The molecule has 0 aromatic heterocycles. The summed E-state index contributed by atoms with van der Waals surface area (Å²) in [5.41, 5.74) is 5.23. The van der Waals surface area contributed by atoms with E-state index in [-0.39, 0.29) is 18.8 Å². The fourth-order valence-electron chi connectivity index (χ4n) is 1.94. The van der Waals surface area contributed by atoms with Gasteiger partial charge in [0.2, 0.25) is 10.0 Å². The van der Waals surface area contributed by atoms with Crippen LogP contribution in [0.5, 0.6) is 0 Å². The number of nitrogens with two attached hydrogens (primary N) is 1. The Labute approximate surface area is 117 Å². The molecule has 5 nitrogen and oxygen atoms in total. The van der Waals surface area contributed by atoms with E-state index in [9.17, 15) is 17.2 Å². The molecule has 20 heavy (non-hydrogen) atoms. The van der Waals surface area contributed by atoms with Crippen LogP contribution in [0.3, 0.4) is 0 Å². The summed E-state index contributed by atoms with van der Waals surface area (Å²) in [6.07, 6.45) is 0. The molecular weight excluding hydrogens is 290 g/mol. The second kappa shape index (κ2) is 6.47. The van der Waals surface area contributed by atoms with E-state index in [1.165, 1.54) is 7.11 Å². The highest BCUT2D eigenvalue weighted by Gasteiger charge is 2.31. The lowest BCUT2D eigenvalue weighted by atomic mass is 10.3. The third-order valence-corrected chi connectivity index (χ3v) is 4.90. The van der Waals surface area contributed by atoms with E-state index in [1.54, 1.807) is 13.8 Å². The number of anilines is 1. The quantitative estimate of drug-likeness (QED) is 0.810. The van der Waals surface area contributed by atoms with Gasteiger partial charge in [-0.05, 0) is 19.1 Å². The van der Waals surface area contributed by atoms with Gasteiger partial charge in [0.1, 0.15) is 4.90 Å². The molecule has 0 amide bonds. The second-order valence-corrected chi connectivity index (χ2v) is 6.19. The summed E-state index contributed by atoms with van der Waals surface area (Å²) in [5.74, 6) is -2.72. The lowest BCUT2D eigenvalue weighted by Gasteiger charge is -2.26. The van der Waals surface area contributed by atoms with Gasteiger partial charge in [-0.3, -0.25) is 0 Å². The van der Waals surface area contributed by atoms with E-state index in [0.717, 1.165) is 16.4 Å². The van der Waals surface area contributed by atoms with Gasteiger partial charge in [-0.25, -0.2) is 17.2 Å². The monoisotopic (exact) mass is 308 g/mol. The van der Waals surface area contributed by atoms with E-state index >= 15 is 0 Å². The molecule has 1 unspecified atom stereocenters. The van der Waals surface area contributed by atoms with E-state index in [0.29, 0.717) is 0 Å². The van der Waals surface area contributed by atoms with Gasteiger partial charge >= 0.3 is 0 Å². The number of rotatable bonds is 6. The maximum atomic E-state index is 13.8. The molecule has 8 heteroatoms. The number of nitrogens with zero attached hydrogens (tertiary/aromatic N) is 1. The molecule has 1 rings (SSSR count). The largest absolute Gasteiger partial charge is 0.399 e. The average molecular weight is 308 g/mol. The first-order valence-electron chi connectivity index (χ1n) is 6.01. The molecule has 0 aliphatic heterocycles. The SMILES string of the molecule is CCN(C(C)COC)S(=O)(=O)c1cc(N)cc(F)c1F. The number of hydrogen-bond donors (Lipinski definition) is 1. The van der Waals surface area contributed by atoms with Crippen LogP contribution in [0.15, 0.2) is 17.0 Å². The molecule has 0 radical (unpaired) electrons. The van der Waals surface area contributed by atoms with Gasteiger partial charge in [-0.15, -0.1) is 0 Å². The predicted molar refractivity (Wildman–Crippen MR) is 71.7 cm³/mol. The summed E-state index contributed by atoms with van der Waals surface area (Å²) >= 11 is 0. The number of nitrogen functional groups attached to an aromatic ring is 1. The minimum Gasteiger partial charge on any atom is -0.399 e. The fourth-order valence-corrected chi connectivity index (χ4v) is 3.68. The summed E-state index contributed by atoms with van der Waals surface area (Å²) in [5, 5.41) is 0. The number of likely N-dealkylation sites (N-methyl/N-ethyl adjacent to an activating group) is 1. The van der Waals surface area contributed by atoms with Crippen LogP contribution in [0.1, 0.15) is 13.8 Å². The Morgan fingerprint density at radius 1 is 1.40 bits per heavy atom. The van der Waals surface area contributed by atoms with E-state index in [1.807, 2.05) is 0 Å². The maximum absolute atomic E-state index is 13.8. The standard InChI is InChI=1S/C12H18F2N2O3S/c1-4-16(8(2)7-19-3)20(17,18)11-6-9(15)5-10(13)12(11)14/h5-6,8H,4,7,15H2,1-3H3. The van der Waals surface area contributed by atoms with Crippen molar-refractivity contribution in [1.29, 1.82) is 0 Å². The molecule has 0 saturated carbocycles. The van der Waals surface area contributed by atoms with Gasteiger partial charge in [0.25, 0.3) is 0 Å². The highest BCUT2D eigenvalue weighted by atomic mass is 32.2. The minimum absolute atomic E-state index is 0.0999. The van der Waals surface area contributed by atoms with Crippen LogP contribution >= 0.6 is 0 Å². The Balaban J connectivity index is 3.35. The molecule has 0 heterocycles. The van der Waals surface area contributed by atoms with Crippen molar-refractivity contribution in [1.82, 2.24) is 4.31 Å². The third kappa shape index (κ3) is 3.25. The molecule has 114 valence electrons. The molecule has 0 bridgehead atoms. The van der Waals surface area contributed by atoms with Crippen LogP contribution in [0.2, 0.25) is 0 Å². The van der Waals surface area contributed by atoms with Crippen molar-refractivity contribution < 1.29 is 21.9 Å². The lowest BCUT2D eigenvalue weighted by Crippen LogP contribution is -2.41. The summed E-state index contributed by atoms with van der Waals surface area (Å²) < 4.78 is 57.8. The molecule has 0 saturated heterocycles. The highest BCUT2D eigenvalue weighted by molar-refractivity contribution is 7.89. The van der Waals surface area contributed by atoms with Crippen molar-refractivity contribution in [3.8, 4) is 0 Å². The van der Waals surface area contributed by atoms with Gasteiger partial charge in [-0.2, -0.15) is 4.31 Å². The molecular formula is C12H18F2N2O3S. The van der Waals surface area contributed by atoms with Gasteiger partial charge in [0.05, 0.1) is 6.61 Å². The Bertz CT molecular complexity index is 578. The normalized spacial score (nSPS) is 13.7. The molecule has 2 N–H and O–H groups in total. The van der Waals surface area contributed by atoms with Crippen molar-refractivity contribution in [3.05, 3.63) is 23.8 Å². The zero-order valence-corrected chi connectivity index (χ0v) is 12.4. The molecule has 1 aromatic carbocycles. The van der Waals surface area contributed by atoms with E-state index < -0.39 is 32.6 Å². The van der Waals surface area contributed by atoms with Crippen molar-refractivity contribution in [2.75, 3.05) is 26.0 Å². The number of methoxy groups -OCH3 is 1. The fraction of sp³-hybridized carbons (Fsp3) is 0.500. The summed E-state index contributed by atoms with van der Waals surface area (Å²) in [6, 6.07) is 1.14. The first-order chi connectivity index (χ1) is 9.25. The summed E-state index contributed by atoms with van der Waals surface area (Å²) in [7, 11) is -2.76. The summed E-state index contributed by atoms with van der Waals surface area (Å²) in [6.45, 7) is 3.46. The number of benzene rings is 1. The van der Waals surface area contributed by atoms with Crippen LogP contribution in [0.25, 0.3) is 0 Å². The maximum Gasteiger partial charge on any atom is 0.246 e. The molecule has 0 spiro atoms. The van der Waals surface area contributed by atoms with Gasteiger partial charge < -0.3 is 10.5 Å². The van der Waals surface area contributed by atoms with Crippen LogP contribution in [-0.2, 0) is 14.8 Å². The molecule has 0 aliphatic carbocycles. The van der Waals surface area contributed by atoms with Crippen molar-refractivity contribution in [2.24, 2.45) is 0 Å². The lowest BCUT2D eigenvalue weighted by molar-refractivity contribution is 0.142. The van der Waals surface area contributed by atoms with Crippen LogP contribution < -0.4 is 5.73 Å². The zero-order valence-electron chi connectivity index (χ0n) is 11.6. The predicted octanol–water partition coefficient (Wildman–Crippen LogP) is 1.59. The van der Waals surface area contributed by atoms with Crippen LogP contribution in [0.4, 0.5) is 14.5 Å². The Hall–Kier alpha value is -1.25. The van der Waals surface area contributed by atoms with Crippen LogP contribution in [0, 0.1) is 11.6 Å². The number of ether oxygens (including phenoxy) is 1. The van der Waals surface area contributed by atoms with Crippen LogP contribution in [-0.4, -0.2) is 39.0 Å². The second-order valence-electron chi connectivity index (χ2n) is 4.33. The molecule has 0 aliphatic rings. The highest BCUT2D eigenvalue weighted by Crippen LogP contribution is 2.25. The molecule has 1 atom stereocenters. The van der Waals surface area contributed by atoms with Gasteiger partial charge in [0, 0.05) is 25.4 Å². The first kappa shape index (κ1) is 16.8. The number of sulfonamides is 1. The number of hydrogen-bond acceptors (Lipinski definition) is 4. The Morgan fingerprint density at radius 3 is 2.50 bits per heavy atom. The minimum atomic E-state index is -4.19. The Kier molecular flexibility index (Phi) is 5.43. The van der Waals surface area contributed by atoms with E-state index in [4.69, 9.17) is 10.5 Å². The number of halogens is 2. The smallest absolute Gasteiger partial charge is 0.246 e.